The van der Waals surface area contributed by atoms with Crippen LogP contribution < -0.4 is 0 Å². The third-order valence-electron chi connectivity index (χ3n) is 5.72. The average molecular weight is 466 g/mol. The van der Waals surface area contributed by atoms with Gasteiger partial charge in [-0.3, -0.25) is 0 Å². The molecule has 8 nitrogen and oxygen atoms in total. The minimum Gasteiger partial charge on any atom is -0.207 e. The van der Waals surface area contributed by atoms with E-state index in [1.165, 1.54) is 32.9 Å². The molecule has 0 amide bonds. The van der Waals surface area contributed by atoms with Crippen LogP contribution in [0.5, 0.6) is 0 Å². The van der Waals surface area contributed by atoms with Crippen molar-refractivity contribution in [1.82, 2.24) is 8.61 Å². The van der Waals surface area contributed by atoms with E-state index in [-0.39, 0.29) is 9.79 Å². The van der Waals surface area contributed by atoms with Gasteiger partial charge in [0.1, 0.15) is 6.04 Å². The van der Waals surface area contributed by atoms with E-state index in [0.29, 0.717) is 48.4 Å². The maximum absolute atomic E-state index is 12.9. The zero-order valence-corrected chi connectivity index (χ0v) is 19.7. The van der Waals surface area contributed by atoms with E-state index in [4.69, 9.17) is 0 Å². The summed E-state index contributed by atoms with van der Waals surface area (Å²) in [6.07, 6.45) is 0. The molecule has 0 heterocycles. The molecule has 1 aliphatic rings. The van der Waals surface area contributed by atoms with Crippen LogP contribution in [-0.4, -0.2) is 51.6 Å². The Kier molecular flexibility index (Phi) is 6.66. The predicted octanol–water partition coefficient (Wildman–Crippen LogP) is 3.58. The lowest BCUT2D eigenvalue weighted by molar-refractivity contribution is 0.444. The largest absolute Gasteiger partial charge is 0.243 e. The number of sulfonamides is 2. The summed E-state index contributed by atoms with van der Waals surface area (Å²) in [7, 11) is -7.41. The molecule has 3 rings (SSSR count). The molecular weight excluding hydrogens is 438 g/mol. The summed E-state index contributed by atoms with van der Waals surface area (Å²) >= 11 is 0. The molecule has 0 aliphatic heterocycles. The van der Waals surface area contributed by atoms with E-state index in [1.54, 1.807) is 39.8 Å². The van der Waals surface area contributed by atoms with Crippen molar-refractivity contribution >= 4 is 20.0 Å². The Labute approximate surface area is 184 Å². The van der Waals surface area contributed by atoms with Gasteiger partial charge < -0.3 is 0 Å². The van der Waals surface area contributed by atoms with Crippen LogP contribution in [0.25, 0.3) is 11.1 Å². The standard InChI is InChI=1S/C21H27N3O5S2/c1-5-23(6-2)30(26,27)15-9-11-17-18-12-10-16(31(28,29)24(7-3)8-4)14-20(18)21(22-25)19(17)13-15/h9-14,21H,5-8H2,1-4H3. The van der Waals surface area contributed by atoms with Gasteiger partial charge in [0.15, 0.2) is 0 Å². The SMILES string of the molecule is CCN(CC)S(=O)(=O)c1ccc2c(c1)C(N=O)c1cc(S(=O)(=O)N(CC)CC)ccc1-2. The van der Waals surface area contributed by atoms with Crippen LogP contribution in [0.2, 0.25) is 0 Å². The van der Waals surface area contributed by atoms with Crippen molar-refractivity contribution in [2.75, 3.05) is 26.2 Å². The average Bonchev–Trinajstić information content (AvgIpc) is 3.07. The van der Waals surface area contributed by atoms with Crippen LogP contribution in [-0.2, 0) is 20.0 Å². The lowest BCUT2D eigenvalue weighted by atomic mass is 10.1. The molecule has 0 aromatic heterocycles. The first kappa shape index (κ1) is 23.5. The molecule has 0 bridgehead atoms. The zero-order valence-electron chi connectivity index (χ0n) is 18.1. The fourth-order valence-corrected chi connectivity index (χ4v) is 7.04. The van der Waals surface area contributed by atoms with E-state index >= 15 is 0 Å². The number of hydrogen-bond acceptors (Lipinski definition) is 6. The highest BCUT2D eigenvalue weighted by Gasteiger charge is 2.34. The van der Waals surface area contributed by atoms with Gasteiger partial charge in [-0.25, -0.2) is 16.8 Å². The zero-order chi connectivity index (χ0) is 23.0. The number of nitrogens with zero attached hydrogens (tertiary/aromatic N) is 3. The lowest BCUT2D eigenvalue weighted by Crippen LogP contribution is -2.30. The van der Waals surface area contributed by atoms with E-state index in [2.05, 4.69) is 5.18 Å². The van der Waals surface area contributed by atoms with Crippen LogP contribution >= 0.6 is 0 Å². The lowest BCUT2D eigenvalue weighted by Gasteiger charge is -2.19. The van der Waals surface area contributed by atoms with Gasteiger partial charge in [0.25, 0.3) is 0 Å². The second kappa shape index (κ2) is 8.78. The molecule has 0 unspecified atom stereocenters. The maximum Gasteiger partial charge on any atom is 0.243 e. The molecule has 0 N–H and O–H groups in total. The number of nitroso groups, excluding NO2 is 1. The van der Waals surface area contributed by atoms with E-state index < -0.39 is 26.1 Å². The van der Waals surface area contributed by atoms with Crippen molar-refractivity contribution in [2.45, 2.75) is 43.5 Å². The first-order valence-electron chi connectivity index (χ1n) is 10.3. The molecule has 0 saturated carbocycles. The Hall–Kier alpha value is -2.14. The summed E-state index contributed by atoms with van der Waals surface area (Å²) in [6, 6.07) is 8.35. The van der Waals surface area contributed by atoms with Gasteiger partial charge in [0.2, 0.25) is 20.0 Å². The fraction of sp³-hybridized carbons (Fsp3) is 0.429. The number of benzene rings is 2. The molecule has 31 heavy (non-hydrogen) atoms. The first-order chi connectivity index (χ1) is 14.7. The van der Waals surface area contributed by atoms with Gasteiger partial charge in [-0.15, -0.1) is 4.91 Å². The van der Waals surface area contributed by atoms with E-state index in [0.717, 1.165) is 0 Å². The molecule has 2 aromatic rings. The van der Waals surface area contributed by atoms with Crippen molar-refractivity contribution in [3.8, 4) is 11.1 Å². The molecule has 168 valence electrons. The van der Waals surface area contributed by atoms with Gasteiger partial charge >= 0.3 is 0 Å². The normalized spacial score (nSPS) is 14.1. The molecule has 0 saturated heterocycles. The summed E-state index contributed by atoms with van der Waals surface area (Å²) in [5, 5.41) is 3.22. The Morgan fingerprint density at radius 3 is 1.35 bits per heavy atom. The second-order valence-electron chi connectivity index (χ2n) is 7.18. The van der Waals surface area contributed by atoms with Crippen LogP contribution in [0.4, 0.5) is 0 Å². The van der Waals surface area contributed by atoms with Crippen LogP contribution in [0, 0.1) is 4.91 Å². The van der Waals surface area contributed by atoms with Gasteiger partial charge in [0, 0.05) is 26.2 Å². The highest BCUT2D eigenvalue weighted by Crippen LogP contribution is 2.47. The smallest absolute Gasteiger partial charge is 0.207 e. The van der Waals surface area contributed by atoms with E-state index in [9.17, 15) is 21.7 Å². The molecule has 0 spiro atoms. The summed E-state index contributed by atoms with van der Waals surface area (Å²) in [4.78, 5) is 12.0. The maximum atomic E-state index is 12.9. The second-order valence-corrected chi connectivity index (χ2v) is 11.1. The van der Waals surface area contributed by atoms with Gasteiger partial charge in [0.05, 0.1) is 9.79 Å². The molecular formula is C21H27N3O5S2. The van der Waals surface area contributed by atoms with Gasteiger partial charge in [-0.2, -0.15) is 8.61 Å². The fourth-order valence-electron chi connectivity index (χ4n) is 4.05. The number of hydrogen-bond donors (Lipinski definition) is 0. The van der Waals surface area contributed by atoms with Crippen molar-refractivity contribution in [1.29, 1.82) is 0 Å². The monoisotopic (exact) mass is 465 g/mol. The minimum atomic E-state index is -3.70. The Balaban J connectivity index is 2.13. The van der Waals surface area contributed by atoms with Crippen molar-refractivity contribution in [3.63, 3.8) is 0 Å². The molecule has 0 radical (unpaired) electrons. The van der Waals surface area contributed by atoms with Crippen LogP contribution in [0.1, 0.15) is 44.9 Å². The Morgan fingerprint density at radius 2 is 1.06 bits per heavy atom. The van der Waals surface area contributed by atoms with Crippen molar-refractivity contribution in [2.24, 2.45) is 5.18 Å². The summed E-state index contributed by atoms with van der Waals surface area (Å²) in [6.45, 7) is 8.37. The minimum absolute atomic E-state index is 0.0902. The quantitative estimate of drug-likeness (QED) is 0.527. The molecule has 2 aromatic carbocycles. The van der Waals surface area contributed by atoms with Gasteiger partial charge in [-0.1, -0.05) is 45.0 Å². The van der Waals surface area contributed by atoms with Crippen molar-refractivity contribution in [3.05, 3.63) is 52.4 Å². The Morgan fingerprint density at radius 1 is 0.710 bits per heavy atom. The predicted molar refractivity (Wildman–Crippen MR) is 120 cm³/mol. The summed E-state index contributed by atoms with van der Waals surface area (Å²) in [5.41, 5.74) is 2.31. The summed E-state index contributed by atoms with van der Waals surface area (Å²) < 4.78 is 54.4. The van der Waals surface area contributed by atoms with Crippen LogP contribution in [0.15, 0.2) is 51.4 Å². The highest BCUT2D eigenvalue weighted by atomic mass is 32.2. The van der Waals surface area contributed by atoms with E-state index in [1.807, 2.05) is 0 Å². The summed E-state index contributed by atoms with van der Waals surface area (Å²) in [5.74, 6) is 0. The highest BCUT2D eigenvalue weighted by molar-refractivity contribution is 7.89. The van der Waals surface area contributed by atoms with Crippen LogP contribution in [0.3, 0.4) is 0 Å². The molecule has 1 aliphatic carbocycles. The molecule has 0 fully saturated rings. The molecule has 10 heteroatoms. The third-order valence-corrected chi connectivity index (χ3v) is 9.81. The number of fused-ring (bicyclic) bond motifs is 3. The number of rotatable bonds is 9. The third kappa shape index (κ3) is 3.82. The van der Waals surface area contributed by atoms with Gasteiger partial charge in [-0.05, 0) is 46.5 Å². The Bertz CT molecular complexity index is 1110. The first-order valence-corrected chi connectivity index (χ1v) is 13.2. The van der Waals surface area contributed by atoms with Crippen molar-refractivity contribution < 1.29 is 16.8 Å². The topological polar surface area (TPSA) is 104 Å². The molecule has 0 atom stereocenters.